The third-order valence-corrected chi connectivity index (χ3v) is 3.78. The molecule has 24 heavy (non-hydrogen) atoms. The molecule has 3 rings (SSSR count). The first-order valence-electron chi connectivity index (χ1n) is 7.55. The average Bonchev–Trinajstić information content (AvgIpc) is 2.87. The topological polar surface area (TPSA) is 106 Å². The fraction of sp³-hybridized carbons (Fsp3) is 0.312. The zero-order valence-corrected chi connectivity index (χ0v) is 13.4. The molecule has 0 saturated heterocycles. The van der Waals surface area contributed by atoms with Gasteiger partial charge in [-0.3, -0.25) is 19.7 Å². The number of nitrogens with one attached hydrogen (secondary N) is 2. The van der Waals surface area contributed by atoms with Crippen LogP contribution < -0.4 is 10.6 Å². The summed E-state index contributed by atoms with van der Waals surface area (Å²) < 4.78 is 1.59. The highest BCUT2D eigenvalue weighted by molar-refractivity contribution is 5.99. The Kier molecular flexibility index (Phi) is 4.11. The summed E-state index contributed by atoms with van der Waals surface area (Å²) in [6.07, 6.45) is 0.0403. The largest absolute Gasteiger partial charge is 0.326 e. The summed E-state index contributed by atoms with van der Waals surface area (Å²) in [5.74, 6) is -0.0706. The molecule has 124 valence electrons. The summed E-state index contributed by atoms with van der Waals surface area (Å²) >= 11 is 0. The molecule has 1 aromatic carbocycles. The number of fused-ring (bicyclic) bond motifs is 1. The van der Waals surface area contributed by atoms with Crippen molar-refractivity contribution in [1.82, 2.24) is 14.8 Å². The summed E-state index contributed by atoms with van der Waals surface area (Å²) in [6.45, 7) is 3.54. The zero-order valence-electron chi connectivity index (χ0n) is 13.4. The fourth-order valence-corrected chi connectivity index (χ4v) is 2.56. The summed E-state index contributed by atoms with van der Waals surface area (Å²) in [7, 11) is 0. The van der Waals surface area contributed by atoms with Crippen molar-refractivity contribution in [3.8, 4) is 0 Å². The lowest BCUT2D eigenvalue weighted by Gasteiger charge is -2.21. The van der Waals surface area contributed by atoms with E-state index < -0.39 is 5.92 Å². The van der Waals surface area contributed by atoms with Gasteiger partial charge in [-0.1, -0.05) is 0 Å². The summed E-state index contributed by atoms with van der Waals surface area (Å²) in [5, 5.41) is 9.56. The monoisotopic (exact) mass is 327 g/mol. The molecule has 0 radical (unpaired) electrons. The fourth-order valence-electron chi connectivity index (χ4n) is 2.56. The third-order valence-electron chi connectivity index (χ3n) is 3.78. The minimum Gasteiger partial charge on any atom is -0.326 e. The van der Waals surface area contributed by atoms with E-state index in [4.69, 9.17) is 0 Å². The van der Waals surface area contributed by atoms with E-state index in [9.17, 15) is 14.4 Å². The van der Waals surface area contributed by atoms with Gasteiger partial charge in [0.15, 0.2) is 5.78 Å². The Labute approximate surface area is 138 Å². The van der Waals surface area contributed by atoms with Crippen LogP contribution in [0.3, 0.4) is 0 Å². The van der Waals surface area contributed by atoms with E-state index in [0.717, 1.165) is 0 Å². The standard InChI is InChI=1S/C16H17N5O3/c1-9(22)11-3-5-13(6-4-11)18-14(23)7-12-8-21-16(19-15(12)24)17-10(2)20-21/h3-6,12H,7-8H2,1-2H3,(H,18,23)(H,17,19,20,24)/t12-/m0/s1. The Bertz CT molecular complexity index is 810. The van der Waals surface area contributed by atoms with Gasteiger partial charge in [0, 0.05) is 17.7 Å². The summed E-state index contributed by atoms with van der Waals surface area (Å²) in [6, 6.07) is 6.62. The third kappa shape index (κ3) is 3.32. The van der Waals surface area contributed by atoms with Gasteiger partial charge in [0.25, 0.3) is 0 Å². The average molecular weight is 327 g/mol. The number of hydrogen-bond acceptors (Lipinski definition) is 5. The van der Waals surface area contributed by atoms with E-state index in [1.807, 2.05) is 0 Å². The first-order chi connectivity index (χ1) is 11.4. The maximum Gasteiger partial charge on any atom is 0.232 e. The van der Waals surface area contributed by atoms with Gasteiger partial charge >= 0.3 is 0 Å². The lowest BCUT2D eigenvalue weighted by Crippen LogP contribution is -2.36. The molecule has 2 aromatic rings. The molecule has 8 nitrogen and oxygen atoms in total. The molecular formula is C16H17N5O3. The second-order valence-corrected chi connectivity index (χ2v) is 5.74. The number of benzene rings is 1. The van der Waals surface area contributed by atoms with Gasteiger partial charge in [0.05, 0.1) is 12.5 Å². The maximum absolute atomic E-state index is 12.2. The van der Waals surface area contributed by atoms with Gasteiger partial charge in [0.1, 0.15) is 5.82 Å². The van der Waals surface area contributed by atoms with E-state index in [1.54, 1.807) is 35.9 Å². The van der Waals surface area contributed by atoms with Crippen molar-refractivity contribution < 1.29 is 14.4 Å². The van der Waals surface area contributed by atoms with E-state index in [2.05, 4.69) is 20.7 Å². The van der Waals surface area contributed by atoms with Crippen LogP contribution in [0.15, 0.2) is 24.3 Å². The number of aromatic nitrogens is 3. The predicted molar refractivity (Wildman–Crippen MR) is 86.6 cm³/mol. The van der Waals surface area contributed by atoms with Crippen LogP contribution in [-0.4, -0.2) is 32.4 Å². The van der Waals surface area contributed by atoms with Gasteiger partial charge in [-0.2, -0.15) is 10.1 Å². The molecule has 0 bridgehead atoms. The Hall–Kier alpha value is -3.03. The molecular weight excluding hydrogens is 310 g/mol. The van der Waals surface area contributed by atoms with Crippen LogP contribution in [0.5, 0.6) is 0 Å². The van der Waals surface area contributed by atoms with Crippen molar-refractivity contribution in [1.29, 1.82) is 0 Å². The number of amides is 2. The molecule has 2 N–H and O–H groups in total. The molecule has 1 aliphatic rings. The van der Waals surface area contributed by atoms with Crippen molar-refractivity contribution in [2.45, 2.75) is 26.8 Å². The van der Waals surface area contributed by atoms with Crippen LogP contribution in [0.1, 0.15) is 29.5 Å². The number of anilines is 2. The zero-order chi connectivity index (χ0) is 17.3. The smallest absolute Gasteiger partial charge is 0.232 e. The van der Waals surface area contributed by atoms with E-state index >= 15 is 0 Å². The number of rotatable bonds is 4. The van der Waals surface area contributed by atoms with Gasteiger partial charge in [-0.05, 0) is 38.1 Å². The number of ketones is 1. The lowest BCUT2D eigenvalue weighted by molar-refractivity contribution is -0.125. The molecule has 0 unspecified atom stereocenters. The number of carbonyl (C=O) groups is 3. The SMILES string of the molecule is CC(=O)c1ccc(NC(=O)C[C@H]2Cn3nc(C)nc3NC2=O)cc1. The van der Waals surface area contributed by atoms with Crippen molar-refractivity contribution >= 4 is 29.2 Å². The number of nitrogens with zero attached hydrogens (tertiary/aromatic N) is 3. The van der Waals surface area contributed by atoms with Gasteiger partial charge in [-0.25, -0.2) is 4.68 Å². The van der Waals surface area contributed by atoms with Crippen LogP contribution in [-0.2, 0) is 16.1 Å². The Balaban J connectivity index is 1.62. The number of Topliss-reactive ketones (excluding diaryl/α,β-unsaturated/α-hetero) is 1. The normalized spacial score (nSPS) is 16.2. The highest BCUT2D eigenvalue weighted by Gasteiger charge is 2.29. The first-order valence-corrected chi connectivity index (χ1v) is 7.55. The van der Waals surface area contributed by atoms with Crippen molar-refractivity contribution in [3.63, 3.8) is 0 Å². The van der Waals surface area contributed by atoms with Crippen LogP contribution in [0.2, 0.25) is 0 Å². The molecule has 1 atom stereocenters. The second-order valence-electron chi connectivity index (χ2n) is 5.74. The molecule has 2 amide bonds. The number of hydrogen-bond donors (Lipinski definition) is 2. The van der Waals surface area contributed by atoms with Gasteiger partial charge in [-0.15, -0.1) is 0 Å². The molecule has 8 heteroatoms. The first kappa shape index (κ1) is 15.9. The van der Waals surface area contributed by atoms with Gasteiger partial charge in [0.2, 0.25) is 17.8 Å². The minimum absolute atomic E-state index is 0.0364. The molecule has 0 fully saturated rings. The van der Waals surface area contributed by atoms with Crippen LogP contribution in [0.4, 0.5) is 11.6 Å². The van der Waals surface area contributed by atoms with Crippen molar-refractivity contribution in [2.75, 3.05) is 10.6 Å². The number of aryl methyl sites for hydroxylation is 1. The molecule has 0 saturated carbocycles. The molecule has 0 spiro atoms. The highest BCUT2D eigenvalue weighted by atomic mass is 16.2. The quantitative estimate of drug-likeness (QED) is 0.825. The van der Waals surface area contributed by atoms with Crippen molar-refractivity contribution in [2.24, 2.45) is 5.92 Å². The number of carbonyl (C=O) groups excluding carboxylic acids is 3. The summed E-state index contributed by atoms with van der Waals surface area (Å²) in [5.41, 5.74) is 1.16. The van der Waals surface area contributed by atoms with E-state index in [-0.39, 0.29) is 24.0 Å². The maximum atomic E-state index is 12.2. The second kappa shape index (κ2) is 6.23. The van der Waals surface area contributed by atoms with Crippen LogP contribution >= 0.6 is 0 Å². The minimum atomic E-state index is -0.505. The molecule has 2 heterocycles. The molecule has 1 aliphatic heterocycles. The Morgan fingerprint density at radius 3 is 2.71 bits per heavy atom. The van der Waals surface area contributed by atoms with E-state index in [0.29, 0.717) is 29.6 Å². The van der Waals surface area contributed by atoms with Gasteiger partial charge < -0.3 is 5.32 Å². The highest BCUT2D eigenvalue weighted by Crippen LogP contribution is 2.20. The van der Waals surface area contributed by atoms with E-state index in [1.165, 1.54) is 6.92 Å². The van der Waals surface area contributed by atoms with Crippen LogP contribution in [0.25, 0.3) is 0 Å². The van der Waals surface area contributed by atoms with Crippen molar-refractivity contribution in [3.05, 3.63) is 35.7 Å². The Morgan fingerprint density at radius 2 is 2.04 bits per heavy atom. The lowest BCUT2D eigenvalue weighted by atomic mass is 10.0. The summed E-state index contributed by atoms with van der Waals surface area (Å²) in [4.78, 5) is 39.6. The molecule has 0 aliphatic carbocycles. The predicted octanol–water partition coefficient (Wildman–Crippen LogP) is 1.39. The molecule has 1 aromatic heterocycles. The van der Waals surface area contributed by atoms with Crippen LogP contribution in [0, 0.1) is 12.8 Å². The Morgan fingerprint density at radius 1 is 1.33 bits per heavy atom.